The molecule has 0 aliphatic heterocycles. The Balaban J connectivity index is 2.54. The maximum atomic E-state index is 11.9. The third-order valence-corrected chi connectivity index (χ3v) is 4.27. The molecule has 0 saturated carbocycles. The summed E-state index contributed by atoms with van der Waals surface area (Å²) in [6, 6.07) is 5.24. The van der Waals surface area contributed by atoms with Crippen LogP contribution in [0.15, 0.2) is 29.2 Å². The van der Waals surface area contributed by atoms with Gasteiger partial charge in [0.25, 0.3) is 5.69 Å². The van der Waals surface area contributed by atoms with Gasteiger partial charge in [0.1, 0.15) is 6.04 Å². The molecule has 22 heavy (non-hydrogen) atoms. The topological polar surface area (TPSA) is 115 Å². The Labute approximate surface area is 132 Å². The maximum Gasteiger partial charge on any atom is 0.269 e. The molecule has 120 valence electrons. The lowest BCUT2D eigenvalue weighted by Crippen LogP contribution is -2.48. The van der Waals surface area contributed by atoms with Crippen molar-refractivity contribution in [1.29, 1.82) is 0 Å². The number of hydrogen-bond donors (Lipinski definition) is 2. The molecule has 0 aliphatic rings. The van der Waals surface area contributed by atoms with E-state index in [4.69, 9.17) is 5.73 Å². The lowest BCUT2D eigenvalue weighted by molar-refractivity contribution is -0.384. The normalized spacial score (nSPS) is 13.2. The SMILES string of the molecule is CCC(C)C(NC(=O)CSc1ccc([N+](=O)[O-])cc1)C(N)=O. The lowest BCUT2D eigenvalue weighted by atomic mass is 9.99. The number of carbonyl (C=O) groups excluding carboxylic acids is 2. The first-order valence-electron chi connectivity index (χ1n) is 6.81. The summed E-state index contributed by atoms with van der Waals surface area (Å²) in [5, 5.41) is 13.2. The van der Waals surface area contributed by atoms with Gasteiger partial charge < -0.3 is 11.1 Å². The van der Waals surface area contributed by atoms with Gasteiger partial charge in [-0.25, -0.2) is 0 Å². The highest BCUT2D eigenvalue weighted by Crippen LogP contribution is 2.21. The van der Waals surface area contributed by atoms with Crippen molar-refractivity contribution < 1.29 is 14.5 Å². The van der Waals surface area contributed by atoms with E-state index in [-0.39, 0.29) is 23.3 Å². The second-order valence-electron chi connectivity index (χ2n) is 4.87. The Morgan fingerprint density at radius 1 is 1.36 bits per heavy atom. The summed E-state index contributed by atoms with van der Waals surface area (Å²) in [4.78, 5) is 34.0. The molecule has 0 bridgehead atoms. The van der Waals surface area contributed by atoms with Crippen LogP contribution in [0.1, 0.15) is 20.3 Å². The smallest absolute Gasteiger partial charge is 0.269 e. The second-order valence-corrected chi connectivity index (χ2v) is 5.92. The molecule has 1 aromatic carbocycles. The number of non-ortho nitro benzene ring substituents is 1. The second kappa shape index (κ2) is 8.38. The van der Waals surface area contributed by atoms with Gasteiger partial charge in [-0.2, -0.15) is 0 Å². The van der Waals surface area contributed by atoms with Gasteiger partial charge in [-0.15, -0.1) is 11.8 Å². The number of hydrogen-bond acceptors (Lipinski definition) is 5. The first-order chi connectivity index (χ1) is 10.3. The predicted molar refractivity (Wildman–Crippen MR) is 84.4 cm³/mol. The number of primary amides is 1. The van der Waals surface area contributed by atoms with E-state index in [1.54, 1.807) is 12.1 Å². The number of amides is 2. The number of nitrogens with one attached hydrogen (secondary N) is 1. The molecule has 2 unspecified atom stereocenters. The summed E-state index contributed by atoms with van der Waals surface area (Å²) in [6.07, 6.45) is 0.726. The van der Waals surface area contributed by atoms with Crippen LogP contribution >= 0.6 is 11.8 Å². The standard InChI is InChI=1S/C14H19N3O4S/c1-3-9(2)13(14(15)19)16-12(18)8-22-11-6-4-10(5-7-11)17(20)21/h4-7,9,13H,3,8H2,1-2H3,(H2,15,19)(H,16,18). The van der Waals surface area contributed by atoms with Crippen molar-refractivity contribution in [3.05, 3.63) is 34.4 Å². The van der Waals surface area contributed by atoms with Crippen LogP contribution in [0.3, 0.4) is 0 Å². The van der Waals surface area contributed by atoms with E-state index in [0.29, 0.717) is 0 Å². The van der Waals surface area contributed by atoms with Crippen molar-refractivity contribution in [3.8, 4) is 0 Å². The van der Waals surface area contributed by atoms with Gasteiger partial charge in [0, 0.05) is 17.0 Å². The molecule has 0 radical (unpaired) electrons. The monoisotopic (exact) mass is 325 g/mol. The van der Waals surface area contributed by atoms with Crippen LogP contribution in [-0.2, 0) is 9.59 Å². The number of nitro benzene ring substituents is 1. The van der Waals surface area contributed by atoms with Crippen molar-refractivity contribution in [1.82, 2.24) is 5.32 Å². The van der Waals surface area contributed by atoms with Crippen molar-refractivity contribution in [3.63, 3.8) is 0 Å². The van der Waals surface area contributed by atoms with Crippen LogP contribution in [-0.4, -0.2) is 28.5 Å². The van der Waals surface area contributed by atoms with E-state index >= 15 is 0 Å². The Morgan fingerprint density at radius 2 is 1.95 bits per heavy atom. The molecule has 0 aliphatic carbocycles. The summed E-state index contributed by atoms with van der Waals surface area (Å²) < 4.78 is 0. The van der Waals surface area contributed by atoms with Crippen LogP contribution in [0.5, 0.6) is 0 Å². The molecule has 2 amide bonds. The van der Waals surface area contributed by atoms with Crippen molar-refractivity contribution in [2.75, 3.05) is 5.75 Å². The van der Waals surface area contributed by atoms with Gasteiger partial charge in [-0.05, 0) is 18.1 Å². The fourth-order valence-electron chi connectivity index (χ4n) is 1.76. The largest absolute Gasteiger partial charge is 0.368 e. The van der Waals surface area contributed by atoms with E-state index in [9.17, 15) is 19.7 Å². The summed E-state index contributed by atoms with van der Waals surface area (Å²) >= 11 is 1.24. The van der Waals surface area contributed by atoms with Crippen LogP contribution in [0.4, 0.5) is 5.69 Å². The molecule has 1 aromatic rings. The Kier molecular flexibility index (Phi) is 6.84. The van der Waals surface area contributed by atoms with E-state index in [1.807, 2.05) is 13.8 Å². The molecular weight excluding hydrogens is 306 g/mol. The van der Waals surface area contributed by atoms with Gasteiger partial charge in [0.2, 0.25) is 11.8 Å². The zero-order valence-electron chi connectivity index (χ0n) is 12.4. The molecule has 8 heteroatoms. The average Bonchev–Trinajstić information content (AvgIpc) is 2.49. The number of nitrogens with two attached hydrogens (primary N) is 1. The van der Waals surface area contributed by atoms with Crippen LogP contribution in [0, 0.1) is 16.0 Å². The average molecular weight is 325 g/mol. The Bertz CT molecular complexity index is 548. The summed E-state index contributed by atoms with van der Waals surface area (Å²) in [5.41, 5.74) is 5.29. The summed E-state index contributed by atoms with van der Waals surface area (Å²) in [7, 11) is 0. The minimum atomic E-state index is -0.685. The minimum Gasteiger partial charge on any atom is -0.368 e. The van der Waals surface area contributed by atoms with Gasteiger partial charge in [-0.1, -0.05) is 20.3 Å². The third-order valence-electron chi connectivity index (χ3n) is 3.25. The zero-order chi connectivity index (χ0) is 16.7. The highest BCUT2D eigenvalue weighted by atomic mass is 32.2. The molecule has 7 nitrogen and oxygen atoms in total. The fraction of sp³-hybridized carbons (Fsp3) is 0.429. The molecule has 0 heterocycles. The molecule has 3 N–H and O–H groups in total. The predicted octanol–water partition coefficient (Wildman–Crippen LogP) is 1.70. The van der Waals surface area contributed by atoms with E-state index in [1.165, 1.54) is 23.9 Å². The van der Waals surface area contributed by atoms with Gasteiger partial charge >= 0.3 is 0 Å². The number of benzene rings is 1. The number of nitro groups is 1. The first kappa shape index (κ1) is 18.0. The molecule has 2 atom stereocenters. The maximum absolute atomic E-state index is 11.9. The summed E-state index contributed by atoms with van der Waals surface area (Å²) in [5.74, 6) is -0.779. The zero-order valence-corrected chi connectivity index (χ0v) is 13.3. The van der Waals surface area contributed by atoms with E-state index < -0.39 is 16.9 Å². The highest BCUT2D eigenvalue weighted by Gasteiger charge is 2.23. The van der Waals surface area contributed by atoms with Gasteiger partial charge in [0.15, 0.2) is 0 Å². The van der Waals surface area contributed by atoms with E-state index in [0.717, 1.165) is 11.3 Å². The summed E-state index contributed by atoms with van der Waals surface area (Å²) in [6.45, 7) is 3.76. The Morgan fingerprint density at radius 3 is 2.41 bits per heavy atom. The number of rotatable bonds is 8. The van der Waals surface area contributed by atoms with Crippen molar-refractivity contribution in [2.24, 2.45) is 11.7 Å². The first-order valence-corrected chi connectivity index (χ1v) is 7.79. The van der Waals surface area contributed by atoms with Crippen molar-refractivity contribution in [2.45, 2.75) is 31.2 Å². The highest BCUT2D eigenvalue weighted by molar-refractivity contribution is 8.00. The number of carbonyl (C=O) groups is 2. The molecule has 0 aromatic heterocycles. The lowest BCUT2D eigenvalue weighted by Gasteiger charge is -2.20. The minimum absolute atomic E-state index is 0.000588. The van der Waals surface area contributed by atoms with Gasteiger partial charge in [-0.3, -0.25) is 19.7 Å². The van der Waals surface area contributed by atoms with Crippen LogP contribution in [0.2, 0.25) is 0 Å². The molecule has 0 spiro atoms. The van der Waals surface area contributed by atoms with Gasteiger partial charge in [0.05, 0.1) is 10.7 Å². The molecule has 1 rings (SSSR count). The molecule has 0 fully saturated rings. The Hall–Kier alpha value is -2.09. The fourth-order valence-corrected chi connectivity index (χ4v) is 2.47. The molecular formula is C14H19N3O4S. The quantitative estimate of drug-likeness (QED) is 0.429. The molecule has 0 saturated heterocycles. The number of nitrogens with zero attached hydrogens (tertiary/aromatic N) is 1. The van der Waals surface area contributed by atoms with Crippen LogP contribution in [0.25, 0.3) is 0 Å². The van der Waals surface area contributed by atoms with Crippen molar-refractivity contribution >= 4 is 29.3 Å². The van der Waals surface area contributed by atoms with E-state index in [2.05, 4.69) is 5.32 Å². The third kappa shape index (κ3) is 5.36. The van der Waals surface area contributed by atoms with Crippen LogP contribution < -0.4 is 11.1 Å². The number of thioether (sulfide) groups is 1.